The van der Waals surface area contributed by atoms with Gasteiger partial charge < -0.3 is 0 Å². The lowest BCUT2D eigenvalue weighted by Gasteiger charge is -2.10. The van der Waals surface area contributed by atoms with E-state index in [1.165, 1.54) is 50.5 Å². The van der Waals surface area contributed by atoms with Gasteiger partial charge in [0.1, 0.15) is 0 Å². The van der Waals surface area contributed by atoms with Gasteiger partial charge in [0.25, 0.3) is 10.1 Å². The summed E-state index contributed by atoms with van der Waals surface area (Å²) < 4.78 is 26.7. The number of rotatable bonds is 14. The molecule has 0 saturated carbocycles. The van der Waals surface area contributed by atoms with Crippen LogP contribution in [-0.4, -0.2) is 26.3 Å². The minimum atomic E-state index is -3.29. The second kappa shape index (κ2) is 12.4. The van der Waals surface area contributed by atoms with Crippen molar-refractivity contribution in [1.29, 1.82) is 0 Å². The van der Waals surface area contributed by atoms with E-state index in [1.54, 1.807) is 0 Å². The molecule has 0 aliphatic carbocycles. The quantitative estimate of drug-likeness (QED) is 0.357. The molecular weight excluding hydrogens is 322 g/mol. The first-order valence-electron chi connectivity index (χ1n) is 9.20. The zero-order valence-electron chi connectivity index (χ0n) is 15.2. The highest BCUT2D eigenvalue weighted by Crippen LogP contribution is 2.14. The van der Waals surface area contributed by atoms with E-state index in [2.05, 4.69) is 11.1 Å². The van der Waals surface area contributed by atoms with Gasteiger partial charge in [-0.2, -0.15) is 8.42 Å². The molecular formula is C19H33NO3S. The number of aromatic nitrogens is 1. The third kappa shape index (κ3) is 12.5. The van der Waals surface area contributed by atoms with Crippen molar-refractivity contribution in [1.82, 2.24) is 4.98 Å². The van der Waals surface area contributed by atoms with Gasteiger partial charge in [0.05, 0.1) is 12.9 Å². The number of hydrogen-bond acceptors (Lipinski definition) is 4. The van der Waals surface area contributed by atoms with Crippen LogP contribution in [0.2, 0.25) is 0 Å². The summed E-state index contributed by atoms with van der Waals surface area (Å²) in [5.41, 5.74) is 1.34. The molecule has 0 aliphatic heterocycles. The molecule has 5 heteroatoms. The topological polar surface area (TPSA) is 56.3 Å². The summed E-state index contributed by atoms with van der Waals surface area (Å²) >= 11 is 0. The van der Waals surface area contributed by atoms with Crippen molar-refractivity contribution in [3.63, 3.8) is 0 Å². The van der Waals surface area contributed by atoms with Gasteiger partial charge in [-0.3, -0.25) is 9.17 Å². The first-order valence-corrected chi connectivity index (χ1v) is 11.0. The third-order valence-corrected chi connectivity index (χ3v) is 4.77. The Bertz CT molecular complexity index is 517. The minimum absolute atomic E-state index is 0.312. The van der Waals surface area contributed by atoms with Crippen LogP contribution in [0, 0.1) is 5.92 Å². The molecule has 0 N–H and O–H groups in total. The maximum Gasteiger partial charge on any atom is 0.264 e. The van der Waals surface area contributed by atoms with Gasteiger partial charge in [0, 0.05) is 12.4 Å². The van der Waals surface area contributed by atoms with Gasteiger partial charge in [0.2, 0.25) is 0 Å². The lowest BCUT2D eigenvalue weighted by Crippen LogP contribution is -2.10. The maximum absolute atomic E-state index is 10.9. The number of unbranched alkanes of at least 4 members (excludes halogenated alkanes) is 7. The SMILES string of the molecule is C[C@H](CCCCCCCCCCc1cccnc1)COS(C)(=O)=O. The highest BCUT2D eigenvalue weighted by molar-refractivity contribution is 7.85. The fourth-order valence-corrected chi connectivity index (χ4v) is 3.23. The molecule has 138 valence electrons. The summed E-state index contributed by atoms with van der Waals surface area (Å²) in [6.07, 6.45) is 17.2. The Labute approximate surface area is 148 Å². The van der Waals surface area contributed by atoms with Crippen LogP contribution in [0.25, 0.3) is 0 Å². The molecule has 0 amide bonds. The van der Waals surface area contributed by atoms with Crippen molar-refractivity contribution >= 4 is 10.1 Å². The van der Waals surface area contributed by atoms with E-state index >= 15 is 0 Å². The predicted octanol–water partition coefficient (Wildman–Crippen LogP) is 4.75. The second-order valence-corrected chi connectivity index (χ2v) is 8.47. The number of pyridine rings is 1. The van der Waals surface area contributed by atoms with E-state index in [0.717, 1.165) is 25.5 Å². The lowest BCUT2D eigenvalue weighted by atomic mass is 10.0. The molecule has 0 aliphatic rings. The standard InChI is InChI=1S/C19H33NO3S/c1-18(17-23-24(2,21)22)12-9-7-5-3-4-6-8-10-13-19-14-11-15-20-16-19/h11,14-16,18H,3-10,12-13,17H2,1-2H3/t18-/m1/s1. The third-order valence-electron chi connectivity index (χ3n) is 4.20. The number of aryl methyl sites for hydroxylation is 1. The molecule has 1 heterocycles. The van der Waals surface area contributed by atoms with Crippen LogP contribution in [0.4, 0.5) is 0 Å². The number of hydrogen-bond donors (Lipinski definition) is 0. The molecule has 0 spiro atoms. The predicted molar refractivity (Wildman–Crippen MR) is 99.5 cm³/mol. The normalized spacial score (nSPS) is 13.1. The van der Waals surface area contributed by atoms with E-state index in [9.17, 15) is 8.42 Å². The van der Waals surface area contributed by atoms with Crippen molar-refractivity contribution in [2.75, 3.05) is 12.9 Å². The van der Waals surface area contributed by atoms with Gasteiger partial charge in [0.15, 0.2) is 0 Å². The van der Waals surface area contributed by atoms with Gasteiger partial charge in [-0.15, -0.1) is 0 Å². The largest absolute Gasteiger partial charge is 0.270 e. The molecule has 24 heavy (non-hydrogen) atoms. The zero-order chi connectivity index (χ0) is 17.7. The van der Waals surface area contributed by atoms with E-state index < -0.39 is 10.1 Å². The monoisotopic (exact) mass is 355 g/mol. The first kappa shape index (κ1) is 21.1. The molecule has 4 nitrogen and oxygen atoms in total. The number of nitrogens with zero attached hydrogens (tertiary/aromatic N) is 1. The van der Waals surface area contributed by atoms with Gasteiger partial charge >= 0.3 is 0 Å². The van der Waals surface area contributed by atoms with Crippen molar-refractivity contribution in [3.05, 3.63) is 30.1 Å². The smallest absolute Gasteiger partial charge is 0.264 e. The molecule has 0 fully saturated rings. The first-order chi connectivity index (χ1) is 11.5. The van der Waals surface area contributed by atoms with Crippen LogP contribution in [0.5, 0.6) is 0 Å². The van der Waals surface area contributed by atoms with Crippen LogP contribution in [0.3, 0.4) is 0 Å². The molecule has 1 aromatic rings. The summed E-state index contributed by atoms with van der Waals surface area (Å²) in [6, 6.07) is 4.15. The average Bonchev–Trinajstić information content (AvgIpc) is 2.55. The Kier molecular flexibility index (Phi) is 10.9. The Balaban J connectivity index is 1.85. The zero-order valence-corrected chi connectivity index (χ0v) is 16.1. The fraction of sp³-hybridized carbons (Fsp3) is 0.737. The highest BCUT2D eigenvalue weighted by Gasteiger charge is 2.07. The van der Waals surface area contributed by atoms with Crippen LogP contribution >= 0.6 is 0 Å². The van der Waals surface area contributed by atoms with Crippen LogP contribution in [0.15, 0.2) is 24.5 Å². The summed E-state index contributed by atoms with van der Waals surface area (Å²) in [7, 11) is -3.29. The van der Waals surface area contributed by atoms with E-state index in [1.807, 2.05) is 25.4 Å². The minimum Gasteiger partial charge on any atom is -0.270 e. The Hall–Kier alpha value is -0.940. The van der Waals surface area contributed by atoms with Crippen molar-refractivity contribution < 1.29 is 12.6 Å². The molecule has 0 bridgehead atoms. The van der Waals surface area contributed by atoms with Crippen molar-refractivity contribution in [2.24, 2.45) is 5.92 Å². The van der Waals surface area contributed by atoms with Gasteiger partial charge in [-0.05, 0) is 36.8 Å². The molecule has 1 aromatic heterocycles. The van der Waals surface area contributed by atoms with Gasteiger partial charge in [-0.1, -0.05) is 57.9 Å². The summed E-state index contributed by atoms with van der Waals surface area (Å²) in [4.78, 5) is 4.14. The summed E-state index contributed by atoms with van der Waals surface area (Å²) in [6.45, 7) is 2.36. The lowest BCUT2D eigenvalue weighted by molar-refractivity contribution is 0.256. The molecule has 0 radical (unpaired) electrons. The van der Waals surface area contributed by atoms with Crippen LogP contribution in [-0.2, 0) is 20.7 Å². The second-order valence-electron chi connectivity index (χ2n) is 6.82. The molecule has 0 aromatic carbocycles. The molecule has 0 saturated heterocycles. The van der Waals surface area contributed by atoms with Crippen LogP contribution < -0.4 is 0 Å². The van der Waals surface area contributed by atoms with Gasteiger partial charge in [-0.25, -0.2) is 0 Å². The summed E-state index contributed by atoms with van der Waals surface area (Å²) in [5, 5.41) is 0. The van der Waals surface area contributed by atoms with E-state index in [-0.39, 0.29) is 0 Å². The van der Waals surface area contributed by atoms with Crippen LogP contribution in [0.1, 0.15) is 70.3 Å². The average molecular weight is 356 g/mol. The Morgan fingerprint density at radius 3 is 2.25 bits per heavy atom. The molecule has 1 atom stereocenters. The fourth-order valence-electron chi connectivity index (χ4n) is 2.75. The Morgan fingerprint density at radius 2 is 1.67 bits per heavy atom. The highest BCUT2D eigenvalue weighted by atomic mass is 32.2. The molecule has 1 rings (SSSR count). The Morgan fingerprint density at radius 1 is 1.04 bits per heavy atom. The van der Waals surface area contributed by atoms with Crippen molar-refractivity contribution in [3.8, 4) is 0 Å². The molecule has 0 unspecified atom stereocenters. The van der Waals surface area contributed by atoms with E-state index in [0.29, 0.717) is 12.5 Å². The van der Waals surface area contributed by atoms with Crippen molar-refractivity contribution in [2.45, 2.75) is 71.1 Å². The summed E-state index contributed by atoms with van der Waals surface area (Å²) in [5.74, 6) is 0.312. The maximum atomic E-state index is 10.9. The van der Waals surface area contributed by atoms with E-state index in [4.69, 9.17) is 4.18 Å².